The molecule has 0 unspecified atom stereocenters. The second-order valence-electron chi connectivity index (χ2n) is 6.37. The molecule has 3 rings (SSSR count). The topological polar surface area (TPSA) is 122 Å². The minimum absolute atomic E-state index is 0.0258. The molecule has 0 aliphatic carbocycles. The molecule has 27 heavy (non-hydrogen) atoms. The second kappa shape index (κ2) is 7.65. The number of nitrogens with one attached hydrogen (secondary N) is 2. The Bertz CT molecular complexity index is 875. The van der Waals surface area contributed by atoms with E-state index >= 15 is 0 Å². The summed E-state index contributed by atoms with van der Waals surface area (Å²) >= 11 is 0. The maximum atomic E-state index is 12.9. The van der Waals surface area contributed by atoms with Gasteiger partial charge in [0.05, 0.1) is 35.2 Å². The van der Waals surface area contributed by atoms with Gasteiger partial charge in [-0.3, -0.25) is 14.4 Å². The number of ether oxygens (including phenoxy) is 1. The molecule has 9 nitrogen and oxygen atoms in total. The standard InChI is InChI=1S/C17H21N3O6S/c1-2-26-17(23)11-5-7-20(8-6-11)27(24,25)12-3-4-14-13(9-12)16(22)18-10-15(21)19-14/h3-4,9,11H,2,5-8,10H2,1H3,(H,18,22)(H,19,21). The van der Waals surface area contributed by atoms with Gasteiger partial charge in [-0.05, 0) is 38.0 Å². The number of nitrogens with zero attached hydrogens (tertiary/aromatic N) is 1. The van der Waals surface area contributed by atoms with E-state index in [1.165, 1.54) is 22.5 Å². The maximum Gasteiger partial charge on any atom is 0.309 e. The first kappa shape index (κ1) is 19.3. The Kier molecular flexibility index (Phi) is 5.47. The minimum atomic E-state index is -3.82. The largest absolute Gasteiger partial charge is 0.466 e. The fraction of sp³-hybridized carbons (Fsp3) is 0.471. The molecule has 2 aliphatic heterocycles. The third-order valence-electron chi connectivity index (χ3n) is 4.63. The molecule has 0 spiro atoms. The third kappa shape index (κ3) is 3.96. The van der Waals surface area contributed by atoms with Crippen LogP contribution in [0.15, 0.2) is 23.1 Å². The van der Waals surface area contributed by atoms with E-state index in [-0.39, 0.29) is 53.6 Å². The Morgan fingerprint density at radius 2 is 1.96 bits per heavy atom. The number of sulfonamides is 1. The first-order chi connectivity index (χ1) is 12.8. The van der Waals surface area contributed by atoms with Crippen LogP contribution >= 0.6 is 0 Å². The van der Waals surface area contributed by atoms with Gasteiger partial charge < -0.3 is 15.4 Å². The first-order valence-corrected chi connectivity index (χ1v) is 10.2. The third-order valence-corrected chi connectivity index (χ3v) is 6.53. The number of hydrogen-bond acceptors (Lipinski definition) is 6. The van der Waals surface area contributed by atoms with Crippen LogP contribution in [0.5, 0.6) is 0 Å². The van der Waals surface area contributed by atoms with Crippen molar-refractivity contribution in [2.24, 2.45) is 5.92 Å². The summed E-state index contributed by atoms with van der Waals surface area (Å²) in [6.45, 7) is 2.26. The fourth-order valence-electron chi connectivity index (χ4n) is 3.17. The summed E-state index contributed by atoms with van der Waals surface area (Å²) in [7, 11) is -3.82. The summed E-state index contributed by atoms with van der Waals surface area (Å²) in [5.74, 6) is -1.49. The Morgan fingerprint density at radius 3 is 2.63 bits per heavy atom. The van der Waals surface area contributed by atoms with E-state index in [1.54, 1.807) is 6.92 Å². The van der Waals surface area contributed by atoms with Gasteiger partial charge in [-0.1, -0.05) is 0 Å². The van der Waals surface area contributed by atoms with Crippen molar-refractivity contribution in [2.75, 3.05) is 31.6 Å². The molecule has 1 aromatic rings. The predicted octanol–water partition coefficient (Wildman–Crippen LogP) is 0.332. The average molecular weight is 395 g/mol. The van der Waals surface area contributed by atoms with Crippen molar-refractivity contribution in [3.8, 4) is 0 Å². The number of piperidine rings is 1. The molecule has 0 radical (unpaired) electrons. The van der Waals surface area contributed by atoms with Crippen molar-refractivity contribution in [1.82, 2.24) is 9.62 Å². The number of esters is 1. The van der Waals surface area contributed by atoms with Crippen molar-refractivity contribution in [3.05, 3.63) is 23.8 Å². The lowest BCUT2D eigenvalue weighted by Crippen LogP contribution is -2.40. The molecule has 2 aliphatic rings. The first-order valence-electron chi connectivity index (χ1n) is 8.72. The highest BCUT2D eigenvalue weighted by Crippen LogP contribution is 2.27. The summed E-state index contributed by atoms with van der Waals surface area (Å²) in [4.78, 5) is 35.5. The van der Waals surface area contributed by atoms with Crippen LogP contribution in [0.3, 0.4) is 0 Å². The molecule has 0 bridgehead atoms. The van der Waals surface area contributed by atoms with Gasteiger partial charge in [0, 0.05) is 13.1 Å². The summed E-state index contributed by atoms with van der Waals surface area (Å²) in [6, 6.07) is 4.05. The lowest BCUT2D eigenvalue weighted by molar-refractivity contribution is -0.149. The molecule has 0 atom stereocenters. The Morgan fingerprint density at radius 1 is 1.26 bits per heavy atom. The van der Waals surface area contributed by atoms with E-state index in [2.05, 4.69) is 10.6 Å². The Labute approximate surface area is 157 Å². The maximum absolute atomic E-state index is 12.9. The van der Waals surface area contributed by atoms with Gasteiger partial charge in [0.15, 0.2) is 0 Å². The number of rotatable bonds is 4. The summed E-state index contributed by atoms with van der Waals surface area (Å²) < 4.78 is 32.1. The monoisotopic (exact) mass is 395 g/mol. The highest BCUT2D eigenvalue weighted by molar-refractivity contribution is 7.89. The lowest BCUT2D eigenvalue weighted by atomic mass is 9.98. The van der Waals surface area contributed by atoms with E-state index < -0.39 is 15.9 Å². The molecule has 0 aromatic heterocycles. The van der Waals surface area contributed by atoms with E-state index in [9.17, 15) is 22.8 Å². The summed E-state index contributed by atoms with van der Waals surface area (Å²) in [5, 5.41) is 4.99. The van der Waals surface area contributed by atoms with E-state index in [1.807, 2.05) is 0 Å². The minimum Gasteiger partial charge on any atom is -0.466 e. The molecule has 1 fully saturated rings. The molecule has 2 amide bonds. The SMILES string of the molecule is CCOC(=O)C1CCN(S(=O)(=O)c2ccc3c(c2)C(=O)NCC(=O)N3)CC1. The molecular weight excluding hydrogens is 374 g/mol. The predicted molar refractivity (Wildman–Crippen MR) is 95.5 cm³/mol. The number of benzene rings is 1. The number of carbonyl (C=O) groups excluding carboxylic acids is 3. The van der Waals surface area contributed by atoms with Gasteiger partial charge >= 0.3 is 5.97 Å². The van der Waals surface area contributed by atoms with Gasteiger partial charge in [0.1, 0.15) is 0 Å². The summed E-state index contributed by atoms with van der Waals surface area (Å²) in [6.07, 6.45) is 0.777. The van der Waals surface area contributed by atoms with Gasteiger partial charge in [0.25, 0.3) is 5.91 Å². The zero-order valence-electron chi connectivity index (χ0n) is 14.9. The van der Waals surface area contributed by atoms with Gasteiger partial charge in [-0.2, -0.15) is 4.31 Å². The number of fused-ring (bicyclic) bond motifs is 1. The number of anilines is 1. The number of carbonyl (C=O) groups is 3. The molecular formula is C17H21N3O6S. The van der Waals surface area contributed by atoms with Crippen LogP contribution in [-0.2, 0) is 24.3 Å². The molecule has 2 N–H and O–H groups in total. The van der Waals surface area contributed by atoms with Crippen LogP contribution < -0.4 is 10.6 Å². The van der Waals surface area contributed by atoms with Crippen molar-refractivity contribution in [1.29, 1.82) is 0 Å². The zero-order chi connectivity index (χ0) is 19.6. The molecule has 0 saturated carbocycles. The lowest BCUT2D eigenvalue weighted by Gasteiger charge is -2.30. The van der Waals surface area contributed by atoms with Gasteiger partial charge in [-0.15, -0.1) is 0 Å². The van der Waals surface area contributed by atoms with Gasteiger partial charge in [-0.25, -0.2) is 8.42 Å². The zero-order valence-corrected chi connectivity index (χ0v) is 15.7. The quantitative estimate of drug-likeness (QED) is 0.709. The molecule has 10 heteroatoms. The molecule has 146 valence electrons. The van der Waals surface area contributed by atoms with E-state index in [0.29, 0.717) is 19.4 Å². The van der Waals surface area contributed by atoms with E-state index in [4.69, 9.17) is 4.74 Å². The van der Waals surface area contributed by atoms with Crippen molar-refractivity contribution < 1.29 is 27.5 Å². The molecule has 1 aromatic carbocycles. The smallest absolute Gasteiger partial charge is 0.309 e. The van der Waals surface area contributed by atoms with E-state index in [0.717, 1.165) is 0 Å². The highest BCUT2D eigenvalue weighted by Gasteiger charge is 2.33. The van der Waals surface area contributed by atoms with Crippen molar-refractivity contribution in [3.63, 3.8) is 0 Å². The average Bonchev–Trinajstić information content (AvgIpc) is 2.80. The van der Waals surface area contributed by atoms with Crippen LogP contribution in [0.1, 0.15) is 30.1 Å². The van der Waals surface area contributed by atoms with Crippen LogP contribution in [0.4, 0.5) is 5.69 Å². The van der Waals surface area contributed by atoms with Gasteiger partial charge in [0.2, 0.25) is 15.9 Å². The Balaban J connectivity index is 1.79. The van der Waals surface area contributed by atoms with Crippen LogP contribution in [-0.4, -0.2) is 56.7 Å². The second-order valence-corrected chi connectivity index (χ2v) is 8.31. The van der Waals surface area contributed by atoms with Crippen molar-refractivity contribution in [2.45, 2.75) is 24.7 Å². The van der Waals surface area contributed by atoms with Crippen molar-refractivity contribution >= 4 is 33.5 Å². The summed E-state index contributed by atoms with van der Waals surface area (Å²) in [5.41, 5.74) is 0.373. The Hall–Kier alpha value is -2.46. The number of amides is 2. The van der Waals surface area contributed by atoms with Crippen LogP contribution in [0, 0.1) is 5.92 Å². The highest BCUT2D eigenvalue weighted by atomic mass is 32.2. The van der Waals surface area contributed by atoms with Crippen LogP contribution in [0.25, 0.3) is 0 Å². The van der Waals surface area contributed by atoms with Crippen LogP contribution in [0.2, 0.25) is 0 Å². The fourth-order valence-corrected chi connectivity index (χ4v) is 4.67. The molecule has 1 saturated heterocycles. The number of hydrogen-bond donors (Lipinski definition) is 2. The normalized spacial score (nSPS) is 18.9. The molecule has 2 heterocycles.